The van der Waals surface area contributed by atoms with Gasteiger partial charge in [0, 0.05) is 5.56 Å². The monoisotopic (exact) mass is 303 g/mol. The predicted octanol–water partition coefficient (Wildman–Crippen LogP) is 5.61. The Morgan fingerprint density at radius 3 is 2.50 bits per heavy atom. The lowest BCUT2D eigenvalue weighted by Crippen LogP contribution is -2.06. The van der Waals surface area contributed by atoms with Crippen molar-refractivity contribution in [1.82, 2.24) is 0 Å². The van der Waals surface area contributed by atoms with Crippen molar-refractivity contribution in [2.45, 2.75) is 47.5 Å². The fraction of sp³-hybridized carbons (Fsp3) is 0.368. The standard InChI is InChI=1S/C17H20FNO.C2H6/c1-5-7-14-10-12(3)8-9-15(14)17(20)16(6-2)19-11-13(4)18;1-2/h6,8-11H,4-5,7H2,1-3H3;1-2H3/b16-6-,19-11?;. The molecule has 0 aliphatic heterocycles. The molecule has 120 valence electrons. The molecule has 1 rings (SSSR count). The number of ketones is 1. The first-order chi connectivity index (χ1) is 10.5. The van der Waals surface area contributed by atoms with Crippen molar-refractivity contribution in [2.24, 2.45) is 4.99 Å². The first-order valence-electron chi connectivity index (χ1n) is 7.68. The highest BCUT2D eigenvalue weighted by molar-refractivity contribution is 6.10. The molecule has 0 saturated heterocycles. The predicted molar refractivity (Wildman–Crippen MR) is 93.3 cm³/mol. The van der Waals surface area contributed by atoms with Gasteiger partial charge in [0.15, 0.2) is 0 Å². The number of rotatable bonds is 6. The summed E-state index contributed by atoms with van der Waals surface area (Å²) < 4.78 is 12.6. The molecule has 1 aromatic carbocycles. The molecule has 0 N–H and O–H groups in total. The lowest BCUT2D eigenvalue weighted by molar-refractivity contribution is 0.103. The second-order valence-corrected chi connectivity index (χ2v) is 4.62. The van der Waals surface area contributed by atoms with Gasteiger partial charge in [-0.15, -0.1) is 0 Å². The normalized spacial score (nSPS) is 11.1. The lowest BCUT2D eigenvalue weighted by atomic mass is 9.96. The maximum Gasteiger partial charge on any atom is 0.211 e. The molecular weight excluding hydrogens is 277 g/mol. The molecule has 3 heteroatoms. The molecule has 0 atom stereocenters. The molecule has 0 radical (unpaired) electrons. The molecule has 0 bridgehead atoms. The van der Waals surface area contributed by atoms with E-state index in [-0.39, 0.29) is 11.5 Å². The number of benzene rings is 1. The highest BCUT2D eigenvalue weighted by Crippen LogP contribution is 2.18. The van der Waals surface area contributed by atoms with Crippen molar-refractivity contribution in [2.75, 3.05) is 0 Å². The van der Waals surface area contributed by atoms with Crippen LogP contribution in [0.2, 0.25) is 0 Å². The number of hydrogen-bond acceptors (Lipinski definition) is 2. The van der Waals surface area contributed by atoms with E-state index < -0.39 is 5.83 Å². The molecule has 0 aliphatic rings. The van der Waals surface area contributed by atoms with E-state index in [1.54, 1.807) is 13.0 Å². The summed E-state index contributed by atoms with van der Waals surface area (Å²) in [4.78, 5) is 16.3. The van der Waals surface area contributed by atoms with Gasteiger partial charge < -0.3 is 0 Å². The summed E-state index contributed by atoms with van der Waals surface area (Å²) in [5.41, 5.74) is 2.98. The first-order valence-corrected chi connectivity index (χ1v) is 7.68. The Morgan fingerprint density at radius 2 is 2.00 bits per heavy atom. The van der Waals surface area contributed by atoms with E-state index in [1.165, 1.54) is 0 Å². The van der Waals surface area contributed by atoms with Crippen LogP contribution in [0, 0.1) is 6.92 Å². The van der Waals surface area contributed by atoms with E-state index in [0.29, 0.717) is 5.56 Å². The Balaban J connectivity index is 0.00000211. The van der Waals surface area contributed by atoms with Crippen molar-refractivity contribution < 1.29 is 9.18 Å². The number of carbonyl (C=O) groups excluding carboxylic acids is 1. The van der Waals surface area contributed by atoms with Gasteiger partial charge in [0.25, 0.3) is 0 Å². The highest BCUT2D eigenvalue weighted by Gasteiger charge is 2.14. The third-order valence-corrected chi connectivity index (χ3v) is 2.87. The molecule has 0 spiro atoms. The zero-order chi connectivity index (χ0) is 17.1. The van der Waals surface area contributed by atoms with Crippen molar-refractivity contribution in [3.63, 3.8) is 0 Å². The second kappa shape index (κ2) is 10.7. The number of halogens is 1. The van der Waals surface area contributed by atoms with Crippen LogP contribution in [0.25, 0.3) is 0 Å². The molecule has 2 nitrogen and oxygen atoms in total. The van der Waals surface area contributed by atoms with Crippen molar-refractivity contribution in [1.29, 1.82) is 0 Å². The highest BCUT2D eigenvalue weighted by atomic mass is 19.1. The number of aryl methyl sites for hydroxylation is 2. The summed E-state index contributed by atoms with van der Waals surface area (Å²) in [6.45, 7) is 12.9. The number of Topliss-reactive ketones (excluding diaryl/α,β-unsaturated/α-hetero) is 1. The zero-order valence-electron chi connectivity index (χ0n) is 14.2. The summed E-state index contributed by atoms with van der Waals surface area (Å²) in [6.07, 6.45) is 4.33. The van der Waals surface area contributed by atoms with Gasteiger partial charge in [0.1, 0.15) is 11.5 Å². The average molecular weight is 303 g/mol. The fourth-order valence-corrected chi connectivity index (χ4v) is 1.96. The van der Waals surface area contributed by atoms with Crippen LogP contribution in [0.5, 0.6) is 0 Å². The van der Waals surface area contributed by atoms with E-state index in [9.17, 15) is 9.18 Å². The number of allylic oxidation sites excluding steroid dienone is 3. The minimum Gasteiger partial charge on any atom is -0.287 e. The summed E-state index contributed by atoms with van der Waals surface area (Å²) in [7, 11) is 0. The smallest absolute Gasteiger partial charge is 0.211 e. The van der Waals surface area contributed by atoms with Gasteiger partial charge in [-0.3, -0.25) is 9.79 Å². The van der Waals surface area contributed by atoms with E-state index in [2.05, 4.69) is 18.5 Å². The van der Waals surface area contributed by atoms with Crippen LogP contribution in [0.1, 0.15) is 55.6 Å². The van der Waals surface area contributed by atoms with Crippen LogP contribution >= 0.6 is 0 Å². The van der Waals surface area contributed by atoms with Crippen molar-refractivity contribution in [3.8, 4) is 0 Å². The Labute approximate surface area is 133 Å². The number of nitrogens with zero attached hydrogens (tertiary/aromatic N) is 1. The summed E-state index contributed by atoms with van der Waals surface area (Å²) in [6, 6.07) is 5.73. The van der Waals surface area contributed by atoms with Gasteiger partial charge in [-0.05, 0) is 25.8 Å². The molecule has 0 aliphatic carbocycles. The Kier molecular flexibility index (Phi) is 9.68. The Morgan fingerprint density at radius 1 is 1.36 bits per heavy atom. The SMILES string of the molecule is C=C(F)C=N/C(=C\C)C(=O)c1ccc(C)cc1CCC.CC. The average Bonchev–Trinajstić information content (AvgIpc) is 2.50. The topological polar surface area (TPSA) is 29.4 Å². The summed E-state index contributed by atoms with van der Waals surface area (Å²) in [5, 5.41) is 0. The molecule has 0 amide bonds. The maximum atomic E-state index is 12.6. The lowest BCUT2D eigenvalue weighted by Gasteiger charge is -2.09. The zero-order valence-corrected chi connectivity index (χ0v) is 14.2. The second-order valence-electron chi connectivity index (χ2n) is 4.62. The minimum atomic E-state index is -0.671. The molecular formula is C19H26FNO. The van der Waals surface area contributed by atoms with Crippen molar-refractivity contribution in [3.05, 3.63) is 59.1 Å². The largest absolute Gasteiger partial charge is 0.287 e. The molecule has 0 heterocycles. The van der Waals surface area contributed by atoms with Gasteiger partial charge in [0.2, 0.25) is 5.78 Å². The van der Waals surface area contributed by atoms with Crippen LogP contribution in [0.15, 0.2) is 47.4 Å². The third kappa shape index (κ3) is 6.17. The van der Waals surface area contributed by atoms with Gasteiger partial charge in [-0.1, -0.05) is 63.6 Å². The number of hydrogen-bond donors (Lipinski definition) is 0. The van der Waals surface area contributed by atoms with Crippen molar-refractivity contribution >= 4 is 12.0 Å². The minimum absolute atomic E-state index is 0.187. The maximum absolute atomic E-state index is 12.6. The Bertz CT molecular complexity index is 571. The van der Waals surface area contributed by atoms with E-state index in [0.717, 1.165) is 30.2 Å². The molecule has 0 fully saturated rings. The summed E-state index contributed by atoms with van der Waals surface area (Å²) >= 11 is 0. The van der Waals surface area contributed by atoms with Gasteiger partial charge >= 0.3 is 0 Å². The third-order valence-electron chi connectivity index (χ3n) is 2.87. The number of carbonyl (C=O) groups is 1. The summed E-state index contributed by atoms with van der Waals surface area (Å²) in [5.74, 6) is -0.858. The van der Waals surface area contributed by atoms with Gasteiger partial charge in [-0.25, -0.2) is 4.39 Å². The van der Waals surface area contributed by atoms with Crippen LogP contribution < -0.4 is 0 Å². The molecule has 0 aromatic heterocycles. The first kappa shape index (κ1) is 20.0. The van der Waals surface area contributed by atoms with E-state index in [4.69, 9.17) is 0 Å². The molecule has 22 heavy (non-hydrogen) atoms. The van der Waals surface area contributed by atoms with Crippen LogP contribution in [0.3, 0.4) is 0 Å². The Hall–Kier alpha value is -2.03. The van der Waals surface area contributed by atoms with E-state index in [1.807, 2.05) is 39.0 Å². The quantitative estimate of drug-likeness (QED) is 0.381. The molecule has 0 unspecified atom stereocenters. The van der Waals surface area contributed by atoms with Crippen LogP contribution in [-0.2, 0) is 6.42 Å². The molecule has 0 saturated carbocycles. The van der Waals surface area contributed by atoms with Gasteiger partial charge in [-0.2, -0.15) is 0 Å². The van der Waals surface area contributed by atoms with E-state index >= 15 is 0 Å². The fourth-order valence-electron chi connectivity index (χ4n) is 1.96. The molecule has 1 aromatic rings. The number of aliphatic imine (C=N–C) groups is 1. The van der Waals surface area contributed by atoms with Gasteiger partial charge in [0.05, 0.1) is 6.21 Å². The van der Waals surface area contributed by atoms with Crippen LogP contribution in [0.4, 0.5) is 4.39 Å². The van der Waals surface area contributed by atoms with Crippen LogP contribution in [-0.4, -0.2) is 12.0 Å².